The van der Waals surface area contributed by atoms with Crippen LogP contribution in [0.2, 0.25) is 0 Å². The number of alkyl halides is 3. The van der Waals surface area contributed by atoms with Crippen molar-refractivity contribution in [1.29, 1.82) is 0 Å². The lowest BCUT2D eigenvalue weighted by Crippen LogP contribution is -2.49. The summed E-state index contributed by atoms with van der Waals surface area (Å²) in [6.45, 7) is 0. The van der Waals surface area contributed by atoms with E-state index in [1.807, 2.05) is 0 Å². The van der Waals surface area contributed by atoms with Crippen LogP contribution in [0.3, 0.4) is 0 Å². The summed E-state index contributed by atoms with van der Waals surface area (Å²) >= 11 is 0. The standard InChI is InChI=1S/C13H17F3N2O2S/c14-13(15,16)9-5-1-4-8-12(9)21(19,20)18-11-7-3-2-6-10(11)17/h1,4-5,8,10-11,18H,2-3,6-7,17H2/t10-,11-/m1/s1. The fraction of sp³-hybridized carbons (Fsp3) is 0.538. The summed E-state index contributed by atoms with van der Waals surface area (Å²) in [6.07, 6.45) is -1.82. The Morgan fingerprint density at radius 1 is 1.14 bits per heavy atom. The minimum Gasteiger partial charge on any atom is -0.326 e. The van der Waals surface area contributed by atoms with Crippen LogP contribution in [0.15, 0.2) is 29.2 Å². The molecular weight excluding hydrogens is 305 g/mol. The molecule has 1 aromatic rings. The van der Waals surface area contributed by atoms with Crippen molar-refractivity contribution in [3.8, 4) is 0 Å². The Hall–Kier alpha value is -1.12. The van der Waals surface area contributed by atoms with Gasteiger partial charge in [0.2, 0.25) is 10.0 Å². The van der Waals surface area contributed by atoms with Crippen molar-refractivity contribution >= 4 is 10.0 Å². The SMILES string of the molecule is N[C@@H]1CCCC[C@H]1NS(=O)(=O)c1ccccc1C(F)(F)F. The molecule has 0 radical (unpaired) electrons. The Labute approximate surface area is 121 Å². The molecule has 0 bridgehead atoms. The Morgan fingerprint density at radius 3 is 2.38 bits per heavy atom. The van der Waals surface area contributed by atoms with E-state index in [1.165, 1.54) is 6.07 Å². The number of rotatable bonds is 3. The maximum absolute atomic E-state index is 12.9. The van der Waals surface area contributed by atoms with Crippen molar-refractivity contribution < 1.29 is 21.6 Å². The number of sulfonamides is 1. The third kappa shape index (κ3) is 3.75. The second-order valence-corrected chi connectivity index (χ2v) is 6.85. The molecule has 0 aromatic heterocycles. The number of halogens is 3. The van der Waals surface area contributed by atoms with Gasteiger partial charge in [0.15, 0.2) is 0 Å². The lowest BCUT2D eigenvalue weighted by Gasteiger charge is -2.29. The molecule has 1 aliphatic rings. The average molecular weight is 322 g/mol. The summed E-state index contributed by atoms with van der Waals surface area (Å²) in [4.78, 5) is -0.754. The molecule has 1 aliphatic carbocycles. The Bertz CT molecular complexity index is 602. The molecule has 0 saturated heterocycles. The molecular formula is C13H17F3N2O2S. The van der Waals surface area contributed by atoms with E-state index in [9.17, 15) is 21.6 Å². The number of hydrogen-bond donors (Lipinski definition) is 2. The van der Waals surface area contributed by atoms with Gasteiger partial charge < -0.3 is 5.73 Å². The first kappa shape index (κ1) is 16.3. The normalized spacial score (nSPS) is 24.0. The van der Waals surface area contributed by atoms with E-state index in [-0.39, 0.29) is 6.04 Å². The first-order chi connectivity index (χ1) is 9.72. The summed E-state index contributed by atoms with van der Waals surface area (Å²) in [7, 11) is -4.26. The minimum absolute atomic E-state index is 0.369. The summed E-state index contributed by atoms with van der Waals surface area (Å²) in [6, 6.07) is 3.25. The third-order valence-electron chi connectivity index (χ3n) is 3.61. The average Bonchev–Trinajstić information content (AvgIpc) is 2.40. The van der Waals surface area contributed by atoms with Gasteiger partial charge in [-0.15, -0.1) is 0 Å². The molecule has 2 rings (SSSR count). The van der Waals surface area contributed by atoms with Crippen molar-refractivity contribution in [3.63, 3.8) is 0 Å². The van der Waals surface area contributed by atoms with Crippen molar-refractivity contribution in [2.75, 3.05) is 0 Å². The van der Waals surface area contributed by atoms with E-state index in [0.717, 1.165) is 31.0 Å². The van der Waals surface area contributed by atoms with Gasteiger partial charge in [-0.25, -0.2) is 13.1 Å². The molecule has 2 atom stereocenters. The molecule has 1 aromatic carbocycles. The van der Waals surface area contributed by atoms with Gasteiger partial charge in [-0.1, -0.05) is 25.0 Å². The minimum atomic E-state index is -4.72. The molecule has 0 amide bonds. The van der Waals surface area contributed by atoms with Crippen LogP contribution in [0.25, 0.3) is 0 Å². The number of benzene rings is 1. The molecule has 4 nitrogen and oxygen atoms in total. The zero-order valence-electron chi connectivity index (χ0n) is 11.2. The smallest absolute Gasteiger partial charge is 0.326 e. The van der Waals surface area contributed by atoms with Gasteiger partial charge in [0, 0.05) is 12.1 Å². The molecule has 0 spiro atoms. The summed E-state index contributed by atoms with van der Waals surface area (Å²) in [5.74, 6) is 0. The van der Waals surface area contributed by atoms with Gasteiger partial charge in [-0.05, 0) is 25.0 Å². The first-order valence-corrected chi connectivity index (χ1v) is 8.14. The molecule has 21 heavy (non-hydrogen) atoms. The van der Waals surface area contributed by atoms with Gasteiger partial charge >= 0.3 is 6.18 Å². The summed E-state index contributed by atoms with van der Waals surface area (Å²) < 4.78 is 65.6. The monoisotopic (exact) mass is 322 g/mol. The molecule has 1 saturated carbocycles. The predicted octanol–water partition coefficient (Wildman–Crippen LogP) is 2.25. The molecule has 0 unspecified atom stereocenters. The largest absolute Gasteiger partial charge is 0.417 e. The van der Waals surface area contributed by atoms with E-state index < -0.39 is 32.7 Å². The highest BCUT2D eigenvalue weighted by Gasteiger charge is 2.38. The highest BCUT2D eigenvalue weighted by Crippen LogP contribution is 2.34. The van der Waals surface area contributed by atoms with E-state index in [2.05, 4.69) is 4.72 Å². The maximum Gasteiger partial charge on any atom is 0.417 e. The zero-order valence-corrected chi connectivity index (χ0v) is 12.0. The van der Waals surface area contributed by atoms with E-state index in [1.54, 1.807) is 0 Å². The Morgan fingerprint density at radius 2 is 1.76 bits per heavy atom. The molecule has 0 aliphatic heterocycles. The fourth-order valence-corrected chi connectivity index (χ4v) is 4.05. The lowest BCUT2D eigenvalue weighted by atomic mass is 9.92. The number of nitrogens with one attached hydrogen (secondary N) is 1. The zero-order chi connectivity index (χ0) is 15.7. The predicted molar refractivity (Wildman–Crippen MR) is 72.0 cm³/mol. The van der Waals surface area contributed by atoms with Crippen LogP contribution < -0.4 is 10.5 Å². The molecule has 0 heterocycles. The van der Waals surface area contributed by atoms with Gasteiger partial charge in [0.05, 0.1) is 10.5 Å². The molecule has 118 valence electrons. The Kier molecular flexibility index (Phi) is 4.60. The van der Waals surface area contributed by atoms with Crippen LogP contribution in [0.4, 0.5) is 13.2 Å². The van der Waals surface area contributed by atoms with Crippen molar-refractivity contribution in [2.24, 2.45) is 5.73 Å². The quantitative estimate of drug-likeness (QED) is 0.896. The van der Waals surface area contributed by atoms with Gasteiger partial charge in [0.1, 0.15) is 0 Å². The first-order valence-electron chi connectivity index (χ1n) is 6.66. The van der Waals surface area contributed by atoms with Crippen LogP contribution in [0.1, 0.15) is 31.2 Å². The van der Waals surface area contributed by atoms with Gasteiger partial charge in [0.25, 0.3) is 0 Å². The number of nitrogens with two attached hydrogens (primary N) is 1. The second-order valence-electron chi connectivity index (χ2n) is 5.17. The van der Waals surface area contributed by atoms with Crippen LogP contribution in [0.5, 0.6) is 0 Å². The lowest BCUT2D eigenvalue weighted by molar-refractivity contribution is -0.139. The summed E-state index contributed by atoms with van der Waals surface area (Å²) in [5, 5.41) is 0. The molecule has 1 fully saturated rings. The molecule has 3 N–H and O–H groups in total. The fourth-order valence-electron chi connectivity index (χ4n) is 2.50. The van der Waals surface area contributed by atoms with Gasteiger partial charge in [-0.2, -0.15) is 13.2 Å². The van der Waals surface area contributed by atoms with E-state index in [4.69, 9.17) is 5.73 Å². The van der Waals surface area contributed by atoms with Crippen molar-refractivity contribution in [3.05, 3.63) is 29.8 Å². The van der Waals surface area contributed by atoms with Crippen molar-refractivity contribution in [1.82, 2.24) is 4.72 Å². The second kappa shape index (κ2) is 5.94. The third-order valence-corrected chi connectivity index (χ3v) is 5.16. The van der Waals surface area contributed by atoms with Crippen LogP contribution in [-0.4, -0.2) is 20.5 Å². The topological polar surface area (TPSA) is 72.2 Å². The van der Waals surface area contributed by atoms with Crippen LogP contribution in [-0.2, 0) is 16.2 Å². The van der Waals surface area contributed by atoms with E-state index >= 15 is 0 Å². The summed E-state index contributed by atoms with van der Waals surface area (Å²) in [5.41, 5.74) is 4.67. The highest BCUT2D eigenvalue weighted by atomic mass is 32.2. The van der Waals surface area contributed by atoms with Crippen LogP contribution >= 0.6 is 0 Å². The number of hydrogen-bond acceptors (Lipinski definition) is 3. The molecule has 8 heteroatoms. The van der Waals surface area contributed by atoms with Gasteiger partial charge in [-0.3, -0.25) is 0 Å². The van der Waals surface area contributed by atoms with Crippen molar-refractivity contribution in [2.45, 2.75) is 48.8 Å². The van der Waals surface area contributed by atoms with Crippen LogP contribution in [0, 0.1) is 0 Å². The maximum atomic E-state index is 12.9. The Balaban J connectivity index is 2.32. The highest BCUT2D eigenvalue weighted by molar-refractivity contribution is 7.89. The van der Waals surface area contributed by atoms with E-state index in [0.29, 0.717) is 12.8 Å².